The smallest absolute Gasteiger partial charge is 0.238 e. The van der Waals surface area contributed by atoms with Crippen molar-refractivity contribution in [1.29, 1.82) is 0 Å². The highest BCUT2D eigenvalue weighted by Crippen LogP contribution is 2.25. The van der Waals surface area contributed by atoms with E-state index in [9.17, 15) is 0 Å². The molecule has 3 heteroatoms. The lowest BCUT2D eigenvalue weighted by molar-refractivity contribution is -0.645. The predicted octanol–water partition coefficient (Wildman–Crippen LogP) is 3.18. The monoisotopic (exact) mass is 444 g/mol. The summed E-state index contributed by atoms with van der Waals surface area (Å²) in [5, 5.41) is 2.61. The zero-order valence-corrected chi connectivity index (χ0v) is 18.0. The normalized spacial score (nSPS) is 11.2. The molecular formula is C26H25BrN2. The largest absolute Gasteiger partial charge is 1.00 e. The zero-order valence-electron chi connectivity index (χ0n) is 16.4. The van der Waals surface area contributed by atoms with Crippen LogP contribution < -0.4 is 21.5 Å². The summed E-state index contributed by atoms with van der Waals surface area (Å²) in [6, 6.07) is 30.5. The van der Waals surface area contributed by atoms with E-state index in [0.717, 1.165) is 6.54 Å². The van der Waals surface area contributed by atoms with Crippen LogP contribution in [0, 0.1) is 0 Å². The van der Waals surface area contributed by atoms with Gasteiger partial charge in [-0.25, -0.2) is 0 Å². The fraction of sp³-hybridized carbons (Fsp3) is 0.192. The molecule has 0 radical (unpaired) electrons. The van der Waals surface area contributed by atoms with Crippen LogP contribution in [-0.2, 0) is 13.0 Å². The van der Waals surface area contributed by atoms with Gasteiger partial charge in [-0.05, 0) is 49.1 Å². The highest BCUT2D eigenvalue weighted by atomic mass is 79.9. The number of para-hydroxylation sites is 2. The lowest BCUT2D eigenvalue weighted by Gasteiger charge is -2.05. The number of rotatable bonds is 6. The number of H-pyrrole nitrogens is 1. The van der Waals surface area contributed by atoms with Gasteiger partial charge in [-0.1, -0.05) is 54.6 Å². The van der Waals surface area contributed by atoms with Gasteiger partial charge in [0.1, 0.15) is 12.1 Å². The number of pyridine rings is 1. The number of aromatic amines is 1. The van der Waals surface area contributed by atoms with Crippen LogP contribution in [0.5, 0.6) is 0 Å². The SMILES string of the molecule is [Br-].c1ccc(CCCCC[n+]2c3ccccc3cc3[nH]c4ccccc4c32)cc1. The molecule has 0 amide bonds. The second-order valence-electron chi connectivity index (χ2n) is 7.58. The number of nitrogens with one attached hydrogen (secondary N) is 1. The van der Waals surface area contributed by atoms with Crippen molar-refractivity contribution >= 4 is 32.8 Å². The molecule has 0 saturated heterocycles. The molecule has 0 aliphatic heterocycles. The number of halogens is 1. The van der Waals surface area contributed by atoms with E-state index in [2.05, 4.69) is 94.5 Å². The Bertz CT molecular complexity index is 1240. The van der Waals surface area contributed by atoms with Gasteiger partial charge in [0.05, 0.1) is 10.9 Å². The van der Waals surface area contributed by atoms with Crippen LogP contribution in [0.3, 0.4) is 0 Å². The fourth-order valence-corrected chi connectivity index (χ4v) is 4.33. The second-order valence-corrected chi connectivity index (χ2v) is 7.58. The Morgan fingerprint density at radius 3 is 2.34 bits per heavy atom. The van der Waals surface area contributed by atoms with E-state index < -0.39 is 0 Å². The quantitative estimate of drug-likeness (QED) is 0.306. The number of benzene rings is 3. The van der Waals surface area contributed by atoms with Crippen molar-refractivity contribution in [2.75, 3.05) is 0 Å². The summed E-state index contributed by atoms with van der Waals surface area (Å²) < 4.78 is 2.52. The van der Waals surface area contributed by atoms with E-state index in [4.69, 9.17) is 0 Å². The summed E-state index contributed by atoms with van der Waals surface area (Å²) in [6.45, 7) is 1.05. The first-order valence-electron chi connectivity index (χ1n) is 10.3. The molecule has 0 atom stereocenters. The molecule has 29 heavy (non-hydrogen) atoms. The maximum Gasteiger partial charge on any atom is 0.238 e. The van der Waals surface area contributed by atoms with E-state index in [0.29, 0.717) is 0 Å². The van der Waals surface area contributed by atoms with E-state index in [1.807, 2.05) is 0 Å². The van der Waals surface area contributed by atoms with Crippen LogP contribution in [0.4, 0.5) is 0 Å². The van der Waals surface area contributed by atoms with Crippen molar-refractivity contribution < 1.29 is 21.5 Å². The molecule has 0 aliphatic carbocycles. The van der Waals surface area contributed by atoms with Crippen molar-refractivity contribution in [3.8, 4) is 0 Å². The van der Waals surface area contributed by atoms with Gasteiger partial charge in [0, 0.05) is 17.9 Å². The Labute approximate surface area is 182 Å². The average molecular weight is 445 g/mol. The Morgan fingerprint density at radius 2 is 1.45 bits per heavy atom. The summed E-state index contributed by atoms with van der Waals surface area (Å²) in [4.78, 5) is 3.61. The standard InChI is InChI=1S/C26H24N2.BrH/c1-3-11-20(12-4-1)13-5-2-10-18-28-25-17-9-6-14-21(25)19-24-26(28)22-15-7-8-16-23(22)27-24;/h1,3-4,6-9,11-12,14-17,19H,2,5,10,13,18H2;1H. The third-order valence-corrected chi connectivity index (χ3v) is 5.69. The Morgan fingerprint density at radius 1 is 0.690 bits per heavy atom. The molecule has 3 aromatic carbocycles. The van der Waals surface area contributed by atoms with Crippen LogP contribution in [0.25, 0.3) is 32.8 Å². The maximum absolute atomic E-state index is 3.61. The summed E-state index contributed by atoms with van der Waals surface area (Å²) in [5.74, 6) is 0. The lowest BCUT2D eigenvalue weighted by atomic mass is 10.1. The van der Waals surface area contributed by atoms with Gasteiger partial charge in [0.25, 0.3) is 0 Å². The fourth-order valence-electron chi connectivity index (χ4n) is 4.33. The van der Waals surface area contributed by atoms with Gasteiger partial charge in [-0.2, -0.15) is 4.57 Å². The Kier molecular flexibility index (Phi) is 5.96. The number of unbranched alkanes of at least 4 members (excludes halogenated alkanes) is 2. The minimum absolute atomic E-state index is 0. The van der Waals surface area contributed by atoms with E-state index >= 15 is 0 Å². The number of fused-ring (bicyclic) bond motifs is 4. The van der Waals surface area contributed by atoms with Crippen LogP contribution >= 0.6 is 0 Å². The Hall–Kier alpha value is -2.65. The van der Waals surface area contributed by atoms with Gasteiger partial charge in [-0.15, -0.1) is 0 Å². The van der Waals surface area contributed by atoms with Crippen LogP contribution in [-0.4, -0.2) is 4.98 Å². The third-order valence-electron chi connectivity index (χ3n) is 5.69. The topological polar surface area (TPSA) is 19.7 Å². The van der Waals surface area contributed by atoms with Gasteiger partial charge >= 0.3 is 0 Å². The van der Waals surface area contributed by atoms with Gasteiger partial charge in [0.15, 0.2) is 0 Å². The molecule has 2 heterocycles. The Balaban J connectivity index is 0.00000205. The zero-order chi connectivity index (χ0) is 18.8. The molecule has 5 aromatic rings. The first-order valence-corrected chi connectivity index (χ1v) is 10.3. The minimum atomic E-state index is 0. The predicted molar refractivity (Wildman–Crippen MR) is 118 cm³/mol. The number of nitrogens with zero attached hydrogens (tertiary/aromatic N) is 1. The molecule has 146 valence electrons. The first kappa shape index (κ1) is 19.7. The van der Waals surface area contributed by atoms with E-state index in [-0.39, 0.29) is 17.0 Å². The van der Waals surface area contributed by atoms with Crippen molar-refractivity contribution in [1.82, 2.24) is 4.98 Å². The van der Waals surface area contributed by atoms with Crippen molar-refractivity contribution in [2.45, 2.75) is 32.2 Å². The summed E-state index contributed by atoms with van der Waals surface area (Å²) >= 11 is 0. The van der Waals surface area contributed by atoms with Gasteiger partial charge < -0.3 is 22.0 Å². The van der Waals surface area contributed by atoms with Crippen LogP contribution in [0.1, 0.15) is 24.8 Å². The van der Waals surface area contributed by atoms with Crippen molar-refractivity contribution in [3.05, 3.63) is 90.5 Å². The molecule has 5 rings (SSSR count). The highest BCUT2D eigenvalue weighted by Gasteiger charge is 2.19. The molecule has 0 unspecified atom stereocenters. The molecule has 0 bridgehead atoms. The van der Waals surface area contributed by atoms with Crippen molar-refractivity contribution in [2.24, 2.45) is 0 Å². The number of hydrogen-bond donors (Lipinski definition) is 1. The maximum atomic E-state index is 3.61. The summed E-state index contributed by atoms with van der Waals surface area (Å²) in [5.41, 5.74) is 6.54. The van der Waals surface area contributed by atoms with Crippen LogP contribution in [0.15, 0.2) is 84.9 Å². The second kappa shape index (κ2) is 8.79. The lowest BCUT2D eigenvalue weighted by Crippen LogP contribution is -3.00. The van der Waals surface area contributed by atoms with Gasteiger partial charge in [-0.3, -0.25) is 0 Å². The molecule has 2 nitrogen and oxygen atoms in total. The number of aryl methyl sites for hydroxylation is 2. The molecule has 0 spiro atoms. The number of hydrogen-bond acceptors (Lipinski definition) is 0. The summed E-state index contributed by atoms with van der Waals surface area (Å²) in [7, 11) is 0. The molecule has 0 fully saturated rings. The minimum Gasteiger partial charge on any atom is -1.00 e. The summed E-state index contributed by atoms with van der Waals surface area (Å²) in [6.07, 6.45) is 4.85. The van der Waals surface area contributed by atoms with E-state index in [1.54, 1.807) is 0 Å². The van der Waals surface area contributed by atoms with Crippen LogP contribution in [0.2, 0.25) is 0 Å². The third kappa shape index (κ3) is 3.92. The highest BCUT2D eigenvalue weighted by molar-refractivity contribution is 6.05. The molecule has 1 N–H and O–H groups in total. The average Bonchev–Trinajstić information content (AvgIpc) is 3.12. The van der Waals surface area contributed by atoms with Gasteiger partial charge in [0.2, 0.25) is 11.0 Å². The first-order chi connectivity index (χ1) is 13.9. The molecule has 0 aliphatic rings. The molecule has 0 saturated carbocycles. The number of aromatic nitrogens is 2. The van der Waals surface area contributed by atoms with Crippen molar-refractivity contribution in [3.63, 3.8) is 0 Å². The molecular weight excluding hydrogens is 420 g/mol. The van der Waals surface area contributed by atoms with E-state index in [1.165, 1.54) is 64.1 Å². The molecule has 2 aromatic heterocycles.